The second kappa shape index (κ2) is 10.0. The van der Waals surface area contributed by atoms with Crippen LogP contribution in [0.5, 0.6) is 0 Å². The van der Waals surface area contributed by atoms with E-state index in [9.17, 15) is 23.7 Å². The van der Waals surface area contributed by atoms with Crippen molar-refractivity contribution in [2.75, 3.05) is 13.2 Å². The number of hydrogen-bond donors (Lipinski definition) is 5. The van der Waals surface area contributed by atoms with Crippen molar-refractivity contribution in [3.05, 3.63) is 0 Å². The molecule has 1 saturated heterocycles. The summed E-state index contributed by atoms with van der Waals surface area (Å²) in [6, 6.07) is 0. The molecule has 0 spiro atoms. The Kier molecular flexibility index (Phi) is 9.07. The fourth-order valence-corrected chi connectivity index (χ4v) is 3.55. The van der Waals surface area contributed by atoms with E-state index in [0.717, 1.165) is 12.8 Å². The molecule has 0 aromatic rings. The molecule has 9 heteroatoms. The van der Waals surface area contributed by atoms with Crippen LogP contribution in [0.15, 0.2) is 0 Å². The van der Waals surface area contributed by atoms with E-state index in [1.165, 1.54) is 6.42 Å². The standard InChI is InChI=1S/C15H32N2O6S/c1-10(2)5-4-6-11(3)7-8-16-24(21,22)17-15-14(20)13(19)12(18)9-23-15/h10-20H,4-9H2,1-3H3/t11?,12-,13-,14+,15+/m1/s1. The molecule has 1 rings (SSSR count). The normalized spacial score (nSPS) is 29.8. The zero-order valence-electron chi connectivity index (χ0n) is 14.7. The zero-order chi connectivity index (χ0) is 18.3. The van der Waals surface area contributed by atoms with Crippen molar-refractivity contribution in [2.24, 2.45) is 11.8 Å². The topological polar surface area (TPSA) is 128 Å². The minimum absolute atomic E-state index is 0.252. The molecule has 1 aliphatic rings. The van der Waals surface area contributed by atoms with Crippen LogP contribution in [0.1, 0.15) is 46.5 Å². The first-order valence-corrected chi connectivity index (χ1v) is 10.0. The van der Waals surface area contributed by atoms with E-state index in [1.807, 2.05) is 0 Å². The number of rotatable bonds is 10. The Balaban J connectivity index is 2.31. The van der Waals surface area contributed by atoms with Gasteiger partial charge in [-0.2, -0.15) is 13.1 Å². The van der Waals surface area contributed by atoms with E-state index >= 15 is 0 Å². The molecular weight excluding hydrogens is 336 g/mol. The van der Waals surface area contributed by atoms with Crippen LogP contribution in [-0.2, 0) is 14.9 Å². The molecule has 24 heavy (non-hydrogen) atoms. The predicted molar refractivity (Wildman–Crippen MR) is 90.3 cm³/mol. The van der Waals surface area contributed by atoms with Crippen molar-refractivity contribution >= 4 is 10.2 Å². The van der Waals surface area contributed by atoms with Crippen molar-refractivity contribution in [1.29, 1.82) is 0 Å². The summed E-state index contributed by atoms with van der Waals surface area (Å²) in [5.74, 6) is 1.09. The molecule has 144 valence electrons. The van der Waals surface area contributed by atoms with Gasteiger partial charge in [-0.25, -0.2) is 4.72 Å². The van der Waals surface area contributed by atoms with Gasteiger partial charge in [-0.3, -0.25) is 0 Å². The highest BCUT2D eigenvalue weighted by atomic mass is 32.2. The molecule has 0 aromatic heterocycles. The van der Waals surface area contributed by atoms with Gasteiger partial charge in [0.2, 0.25) is 0 Å². The Bertz CT molecular complexity index is 459. The molecular formula is C15H32N2O6S. The van der Waals surface area contributed by atoms with E-state index in [4.69, 9.17) is 4.74 Å². The fourth-order valence-electron chi connectivity index (χ4n) is 2.56. The third kappa shape index (κ3) is 7.73. The average Bonchev–Trinajstić information content (AvgIpc) is 2.47. The molecule has 0 bridgehead atoms. The van der Waals surface area contributed by atoms with Crippen LogP contribution in [0.2, 0.25) is 0 Å². The summed E-state index contributed by atoms with van der Waals surface area (Å²) in [5, 5.41) is 28.6. The summed E-state index contributed by atoms with van der Waals surface area (Å²) in [6.45, 7) is 6.49. The van der Waals surface area contributed by atoms with Gasteiger partial charge in [0.1, 0.15) is 18.3 Å². The van der Waals surface area contributed by atoms with Gasteiger partial charge >= 0.3 is 0 Å². The van der Waals surface area contributed by atoms with Gasteiger partial charge in [0.05, 0.1) is 6.61 Å². The summed E-state index contributed by atoms with van der Waals surface area (Å²) in [7, 11) is -3.86. The van der Waals surface area contributed by atoms with Crippen LogP contribution in [0.4, 0.5) is 0 Å². The summed E-state index contributed by atoms with van der Waals surface area (Å²) in [5.41, 5.74) is 0. The number of nitrogens with one attached hydrogen (secondary N) is 2. The maximum atomic E-state index is 12.0. The SMILES string of the molecule is CC(C)CCCC(C)CCNS(=O)(=O)N[C@H]1OC[C@@H](O)[C@@H](O)[C@@H]1O. The quantitative estimate of drug-likeness (QED) is 0.360. The van der Waals surface area contributed by atoms with Gasteiger partial charge in [0, 0.05) is 6.54 Å². The molecule has 0 aromatic carbocycles. The molecule has 1 heterocycles. The zero-order valence-corrected chi connectivity index (χ0v) is 15.5. The van der Waals surface area contributed by atoms with Crippen molar-refractivity contribution in [3.63, 3.8) is 0 Å². The highest BCUT2D eigenvalue weighted by Crippen LogP contribution is 2.16. The maximum absolute atomic E-state index is 12.0. The molecule has 8 nitrogen and oxygen atoms in total. The van der Waals surface area contributed by atoms with Crippen molar-refractivity contribution in [2.45, 2.75) is 71.0 Å². The minimum Gasteiger partial charge on any atom is -0.388 e. The molecule has 5 N–H and O–H groups in total. The molecule has 1 aliphatic heterocycles. The van der Waals surface area contributed by atoms with Crippen molar-refractivity contribution in [3.8, 4) is 0 Å². The summed E-state index contributed by atoms with van der Waals surface area (Å²) in [4.78, 5) is 0. The molecule has 1 fully saturated rings. The van der Waals surface area contributed by atoms with E-state index in [0.29, 0.717) is 18.3 Å². The van der Waals surface area contributed by atoms with Crippen LogP contribution in [0, 0.1) is 11.8 Å². The molecule has 1 unspecified atom stereocenters. The lowest BCUT2D eigenvalue weighted by Gasteiger charge is -2.35. The smallest absolute Gasteiger partial charge is 0.279 e. The Morgan fingerprint density at radius 2 is 1.75 bits per heavy atom. The second-order valence-electron chi connectivity index (χ2n) is 7.04. The van der Waals surface area contributed by atoms with Crippen molar-refractivity contribution in [1.82, 2.24) is 9.44 Å². The van der Waals surface area contributed by atoms with E-state index < -0.39 is 34.7 Å². The number of aliphatic hydroxyl groups excluding tert-OH is 3. The Hall–Kier alpha value is -0.290. The number of aliphatic hydroxyl groups is 3. The summed E-state index contributed by atoms with van der Waals surface area (Å²) < 4.78 is 33.5. The molecule has 0 amide bonds. The van der Waals surface area contributed by atoms with Crippen LogP contribution in [0.25, 0.3) is 0 Å². The lowest BCUT2D eigenvalue weighted by Crippen LogP contribution is -2.60. The van der Waals surface area contributed by atoms with Crippen LogP contribution >= 0.6 is 0 Å². The lowest BCUT2D eigenvalue weighted by molar-refractivity contribution is -0.189. The van der Waals surface area contributed by atoms with Crippen LogP contribution < -0.4 is 9.44 Å². The number of hydrogen-bond acceptors (Lipinski definition) is 6. The third-order valence-electron chi connectivity index (χ3n) is 4.18. The Morgan fingerprint density at radius 1 is 1.08 bits per heavy atom. The maximum Gasteiger partial charge on any atom is 0.279 e. The largest absolute Gasteiger partial charge is 0.388 e. The Morgan fingerprint density at radius 3 is 2.38 bits per heavy atom. The van der Waals surface area contributed by atoms with E-state index in [2.05, 4.69) is 30.2 Å². The summed E-state index contributed by atoms with van der Waals surface area (Å²) >= 11 is 0. The highest BCUT2D eigenvalue weighted by molar-refractivity contribution is 7.87. The van der Waals surface area contributed by atoms with Crippen molar-refractivity contribution < 1.29 is 28.5 Å². The van der Waals surface area contributed by atoms with Gasteiger partial charge in [-0.15, -0.1) is 0 Å². The minimum atomic E-state index is -3.86. The predicted octanol–water partition coefficient (Wildman–Crippen LogP) is -0.298. The molecule has 0 radical (unpaired) electrons. The Labute approximate surface area is 144 Å². The van der Waals surface area contributed by atoms with Crippen LogP contribution in [0.3, 0.4) is 0 Å². The van der Waals surface area contributed by atoms with Gasteiger partial charge in [0.25, 0.3) is 10.2 Å². The number of ether oxygens (including phenoxy) is 1. The monoisotopic (exact) mass is 368 g/mol. The molecule has 0 saturated carbocycles. The molecule has 0 aliphatic carbocycles. The van der Waals surface area contributed by atoms with Gasteiger partial charge < -0.3 is 20.1 Å². The van der Waals surface area contributed by atoms with Gasteiger partial charge in [0.15, 0.2) is 6.23 Å². The fraction of sp³-hybridized carbons (Fsp3) is 1.00. The van der Waals surface area contributed by atoms with Gasteiger partial charge in [-0.05, 0) is 18.3 Å². The van der Waals surface area contributed by atoms with E-state index in [-0.39, 0.29) is 13.2 Å². The average molecular weight is 368 g/mol. The second-order valence-corrected chi connectivity index (χ2v) is 8.57. The highest BCUT2D eigenvalue weighted by Gasteiger charge is 2.39. The molecule has 5 atom stereocenters. The van der Waals surface area contributed by atoms with Gasteiger partial charge in [-0.1, -0.05) is 40.0 Å². The first-order valence-electron chi connectivity index (χ1n) is 8.55. The summed E-state index contributed by atoms with van der Waals surface area (Å²) in [6.07, 6.45) is -1.43. The lowest BCUT2D eigenvalue weighted by atomic mass is 9.97. The van der Waals surface area contributed by atoms with Crippen LogP contribution in [-0.4, -0.2) is 61.4 Å². The third-order valence-corrected chi connectivity index (χ3v) is 5.31. The van der Waals surface area contributed by atoms with E-state index in [1.54, 1.807) is 0 Å². The first kappa shape index (κ1) is 21.8. The first-order chi connectivity index (χ1) is 11.1.